The topological polar surface area (TPSA) is 175 Å². The van der Waals surface area contributed by atoms with Crippen LogP contribution < -0.4 is 0 Å². The highest BCUT2D eigenvalue weighted by Crippen LogP contribution is 2.29. The van der Waals surface area contributed by atoms with Crippen LogP contribution in [0.2, 0.25) is 0 Å². The minimum Gasteiger partial charge on any atom is -0.462 e. The Morgan fingerprint density at radius 2 is 1.12 bits per heavy atom. The van der Waals surface area contributed by atoms with Gasteiger partial charge in [-0.3, -0.25) is 34.1 Å². The average Bonchev–Trinajstić information content (AvgIpc) is 2.63. The summed E-state index contributed by atoms with van der Waals surface area (Å²) in [6.45, 7) is 4.43. The third kappa shape index (κ3) is 10.8. The molecule has 0 spiro atoms. The van der Waals surface area contributed by atoms with E-state index in [9.17, 15) is 34.1 Å². The largest absolute Gasteiger partial charge is 0.462 e. The first-order valence-electron chi connectivity index (χ1n) is 8.91. The number of esters is 5. The molecule has 13 nitrogen and oxygen atoms in total. The number of halogens is 2. The molecule has 0 heterocycles. The Labute approximate surface area is 199 Å². The zero-order valence-corrected chi connectivity index (χ0v) is 20.9. The highest BCUT2D eigenvalue weighted by Gasteiger charge is 2.49. The quantitative estimate of drug-likeness (QED) is 0.0787. The van der Waals surface area contributed by atoms with E-state index < -0.39 is 75.6 Å². The maximum atomic E-state index is 11.8. The van der Waals surface area contributed by atoms with Crippen LogP contribution in [0.5, 0.6) is 0 Å². The number of carbonyl (C=O) groups is 5. The van der Waals surface area contributed by atoms with Gasteiger partial charge in [0.05, 0.1) is 0 Å². The number of hydrogen-bond acceptors (Lipinski definition) is 12. The Kier molecular flexibility index (Phi) is 13.0. The fourth-order valence-electron chi connectivity index (χ4n) is 2.45. The van der Waals surface area contributed by atoms with Gasteiger partial charge in [0.1, 0.15) is 11.4 Å². The van der Waals surface area contributed by atoms with Gasteiger partial charge in [-0.2, -0.15) is 0 Å². The van der Waals surface area contributed by atoms with E-state index in [-0.39, 0.29) is 0 Å². The maximum absolute atomic E-state index is 11.8. The van der Waals surface area contributed by atoms with Crippen molar-refractivity contribution in [3.8, 4) is 0 Å². The van der Waals surface area contributed by atoms with E-state index in [0.717, 1.165) is 34.6 Å². The molecule has 0 aromatic heterocycles. The van der Waals surface area contributed by atoms with Crippen LogP contribution in [0.3, 0.4) is 0 Å². The maximum Gasteiger partial charge on any atom is 0.303 e. The molecular formula is C17H23Br2NO12. The first kappa shape index (κ1) is 29.7. The van der Waals surface area contributed by atoms with Crippen molar-refractivity contribution in [2.24, 2.45) is 0 Å². The first-order valence-corrected chi connectivity index (χ1v) is 10.7. The van der Waals surface area contributed by atoms with Gasteiger partial charge < -0.3 is 23.7 Å². The lowest BCUT2D eigenvalue weighted by Gasteiger charge is -2.36. The van der Waals surface area contributed by atoms with E-state index in [0.29, 0.717) is 0 Å². The third-order valence-electron chi connectivity index (χ3n) is 3.47. The van der Waals surface area contributed by atoms with Crippen molar-refractivity contribution < 1.29 is 52.6 Å². The van der Waals surface area contributed by atoms with Gasteiger partial charge >= 0.3 is 29.8 Å². The lowest BCUT2D eigenvalue weighted by molar-refractivity contribution is -0.493. The number of nitro groups is 1. The molecule has 15 heteroatoms. The van der Waals surface area contributed by atoms with Crippen LogP contribution >= 0.6 is 31.9 Å². The van der Waals surface area contributed by atoms with E-state index in [1.807, 2.05) is 0 Å². The standard InChI is InChI=1S/C17H23Br2NO12/c1-7(21)28-6-12(29-8(2)22)14(30-9(3)23)16(32-11(5)25)15(31-10(4)24)13(18)17(19)20(26)27/h12-17H,6H2,1-5H3/t12-,13-,14+,15+,16+,17+/m1/s1. The molecule has 0 aromatic rings. The molecule has 0 aromatic carbocycles. The number of ether oxygens (including phenoxy) is 5. The van der Waals surface area contributed by atoms with Gasteiger partial charge in [0.2, 0.25) is 0 Å². The molecule has 0 N–H and O–H groups in total. The average molecular weight is 593 g/mol. The lowest BCUT2D eigenvalue weighted by Crippen LogP contribution is -2.56. The molecule has 0 bridgehead atoms. The molecule has 0 amide bonds. The van der Waals surface area contributed by atoms with Crippen LogP contribution in [0.15, 0.2) is 0 Å². The predicted octanol–water partition coefficient (Wildman–Crippen LogP) is 1.04. The van der Waals surface area contributed by atoms with Gasteiger partial charge in [0.25, 0.3) is 4.95 Å². The van der Waals surface area contributed by atoms with E-state index in [1.54, 1.807) is 0 Å². The Balaban J connectivity index is 6.56. The van der Waals surface area contributed by atoms with Crippen molar-refractivity contribution in [2.75, 3.05) is 6.61 Å². The summed E-state index contributed by atoms with van der Waals surface area (Å²) < 4.78 is 25.5. The van der Waals surface area contributed by atoms with Crippen LogP contribution in [0.25, 0.3) is 0 Å². The fraction of sp³-hybridized carbons (Fsp3) is 0.706. The fourth-order valence-corrected chi connectivity index (χ4v) is 3.35. The molecule has 32 heavy (non-hydrogen) atoms. The molecule has 6 atom stereocenters. The minimum absolute atomic E-state index is 0.628. The summed E-state index contributed by atoms with van der Waals surface area (Å²) in [7, 11) is 0. The van der Waals surface area contributed by atoms with E-state index >= 15 is 0 Å². The summed E-state index contributed by atoms with van der Waals surface area (Å²) in [5, 5.41) is 11.2. The molecule has 0 aliphatic rings. The normalized spacial score (nSPS) is 16.2. The van der Waals surface area contributed by atoms with E-state index in [2.05, 4.69) is 31.9 Å². The number of carbonyl (C=O) groups excluding carboxylic acids is 5. The molecule has 0 saturated heterocycles. The van der Waals surface area contributed by atoms with Gasteiger partial charge in [-0.15, -0.1) is 0 Å². The third-order valence-corrected chi connectivity index (χ3v) is 6.10. The zero-order valence-electron chi connectivity index (χ0n) is 17.8. The summed E-state index contributed by atoms with van der Waals surface area (Å²) in [6.07, 6.45) is -6.54. The van der Waals surface area contributed by atoms with Crippen molar-refractivity contribution in [1.29, 1.82) is 0 Å². The van der Waals surface area contributed by atoms with Gasteiger partial charge in [0, 0.05) is 39.5 Å². The lowest BCUT2D eigenvalue weighted by atomic mass is 9.99. The van der Waals surface area contributed by atoms with Crippen molar-refractivity contribution in [1.82, 2.24) is 0 Å². The number of nitrogens with zero attached hydrogens (tertiary/aromatic N) is 1. The van der Waals surface area contributed by atoms with Gasteiger partial charge in [0.15, 0.2) is 24.4 Å². The van der Waals surface area contributed by atoms with Crippen LogP contribution in [0, 0.1) is 10.1 Å². The summed E-state index contributed by atoms with van der Waals surface area (Å²) >= 11 is 5.86. The van der Waals surface area contributed by atoms with E-state index in [4.69, 9.17) is 23.7 Å². The summed E-state index contributed by atoms with van der Waals surface area (Å²) in [4.78, 5) is 65.8. The number of hydrogen-bond donors (Lipinski definition) is 0. The Hall–Kier alpha value is -2.29. The molecule has 0 saturated carbocycles. The Morgan fingerprint density at radius 1 is 0.719 bits per heavy atom. The van der Waals surface area contributed by atoms with Gasteiger partial charge in [-0.05, 0) is 15.9 Å². The van der Waals surface area contributed by atoms with Crippen LogP contribution in [0.1, 0.15) is 34.6 Å². The summed E-state index contributed by atoms with van der Waals surface area (Å²) in [5.74, 6) is -4.42. The van der Waals surface area contributed by atoms with Gasteiger partial charge in [-0.1, -0.05) is 15.9 Å². The highest BCUT2D eigenvalue weighted by molar-refractivity contribution is 9.12. The van der Waals surface area contributed by atoms with Crippen LogP contribution in [-0.4, -0.2) is 75.6 Å². The molecule has 0 fully saturated rings. The number of alkyl halides is 2. The van der Waals surface area contributed by atoms with E-state index in [1.165, 1.54) is 0 Å². The van der Waals surface area contributed by atoms with Crippen molar-refractivity contribution in [2.45, 2.75) is 68.8 Å². The molecule has 0 rings (SSSR count). The molecule has 0 aliphatic carbocycles. The van der Waals surface area contributed by atoms with Crippen molar-refractivity contribution in [3.05, 3.63) is 10.1 Å². The monoisotopic (exact) mass is 591 g/mol. The van der Waals surface area contributed by atoms with Crippen LogP contribution in [0.4, 0.5) is 0 Å². The second kappa shape index (κ2) is 14.0. The summed E-state index contributed by atoms with van der Waals surface area (Å²) in [5.41, 5.74) is 0. The SMILES string of the molecule is CC(=O)OC[C@@H](OC(C)=O)[C@H](OC(C)=O)[C@H](OC(C)=O)[C@@H](OC(C)=O)[C@@H](Br)[C@@H](Br)[N+](=O)[O-]. The van der Waals surface area contributed by atoms with Crippen molar-refractivity contribution in [3.63, 3.8) is 0 Å². The Morgan fingerprint density at radius 3 is 1.50 bits per heavy atom. The Bertz CT molecular complexity index is 730. The van der Waals surface area contributed by atoms with Crippen molar-refractivity contribution >= 4 is 61.7 Å². The minimum atomic E-state index is -1.72. The zero-order chi connectivity index (χ0) is 25.2. The highest BCUT2D eigenvalue weighted by atomic mass is 79.9. The van der Waals surface area contributed by atoms with Crippen LogP contribution in [-0.2, 0) is 47.7 Å². The second-order valence-electron chi connectivity index (χ2n) is 6.28. The number of rotatable bonds is 12. The molecular weight excluding hydrogens is 570 g/mol. The molecule has 0 aliphatic heterocycles. The molecule has 0 radical (unpaired) electrons. The second-order valence-corrected chi connectivity index (χ2v) is 8.27. The first-order chi connectivity index (χ1) is 14.7. The predicted molar refractivity (Wildman–Crippen MR) is 111 cm³/mol. The summed E-state index contributed by atoms with van der Waals surface area (Å²) in [6, 6.07) is 0. The molecule has 0 unspecified atom stereocenters. The van der Waals surface area contributed by atoms with Gasteiger partial charge in [-0.25, -0.2) is 0 Å². The molecule has 182 valence electrons. The smallest absolute Gasteiger partial charge is 0.303 e.